The predicted octanol–water partition coefficient (Wildman–Crippen LogP) is 7.30. The number of aromatic nitrogens is 1. The normalized spacial score (nSPS) is 20.4. The van der Waals surface area contributed by atoms with Gasteiger partial charge >= 0.3 is 0 Å². The maximum atomic E-state index is 12.1. The second-order valence-corrected chi connectivity index (χ2v) is 17.9. The van der Waals surface area contributed by atoms with Crippen LogP contribution in [0.2, 0.25) is 0 Å². The Kier molecular flexibility index (Phi) is 11.1. The van der Waals surface area contributed by atoms with Crippen LogP contribution in [0.4, 0.5) is 5.69 Å². The monoisotopic (exact) mass is 731 g/mol. The maximum absolute atomic E-state index is 12.1. The summed E-state index contributed by atoms with van der Waals surface area (Å²) < 4.78 is 57.6. The van der Waals surface area contributed by atoms with Gasteiger partial charge in [0.2, 0.25) is 5.52 Å². The van der Waals surface area contributed by atoms with E-state index in [4.69, 9.17) is 13.5 Å². The summed E-state index contributed by atoms with van der Waals surface area (Å²) in [6.07, 6.45) is 15.7. The lowest BCUT2D eigenvalue weighted by molar-refractivity contribution is -0.642. The first-order valence-corrected chi connectivity index (χ1v) is 21.1. The molecule has 2 atom stereocenters. The highest BCUT2D eigenvalue weighted by molar-refractivity contribution is 8.03. The Hall–Kier alpha value is -2.23. The number of benzene rings is 2. The fourth-order valence-electron chi connectivity index (χ4n) is 6.17. The zero-order chi connectivity index (χ0) is 33.1. The molecule has 2 heterocycles. The first kappa shape index (κ1) is 34.6. The lowest BCUT2D eigenvalue weighted by Gasteiger charge is -2.28. The van der Waals surface area contributed by atoms with Crippen molar-refractivity contribution in [2.45, 2.75) is 46.8 Å². The van der Waals surface area contributed by atoms with E-state index < -0.39 is 20.9 Å². The van der Waals surface area contributed by atoms with Crippen molar-refractivity contribution in [3.63, 3.8) is 0 Å². The average molecular weight is 732 g/mol. The number of hydrogen-bond acceptors (Lipinski definition) is 9. The topological polar surface area (TPSA) is 97.0 Å². The number of rotatable bonds is 12. The molecule has 8 nitrogen and oxygen atoms in total. The zero-order valence-corrected chi connectivity index (χ0v) is 30.7. The van der Waals surface area contributed by atoms with Gasteiger partial charge in [0.15, 0.2) is 0 Å². The Morgan fingerprint density at radius 1 is 1.13 bits per heavy atom. The third-order valence-corrected chi connectivity index (χ3v) is 13.2. The van der Waals surface area contributed by atoms with Crippen molar-refractivity contribution in [2.75, 3.05) is 43.8 Å². The molecule has 13 heteroatoms. The van der Waals surface area contributed by atoms with Crippen LogP contribution in [0.25, 0.3) is 16.3 Å². The number of allylic oxidation sites excluding steroid dienone is 6. The van der Waals surface area contributed by atoms with Gasteiger partial charge in [-0.25, -0.2) is 0 Å². The summed E-state index contributed by atoms with van der Waals surface area (Å²) >= 11 is 4.85. The number of hydrogen-bond donors (Lipinski definition) is 1. The molecule has 6 rings (SSSR count). The molecule has 2 aromatic carbocycles. The van der Waals surface area contributed by atoms with Crippen LogP contribution in [-0.4, -0.2) is 56.1 Å². The van der Waals surface area contributed by atoms with E-state index in [2.05, 4.69) is 65.1 Å². The highest BCUT2D eigenvalue weighted by Gasteiger charge is 2.28. The van der Waals surface area contributed by atoms with Crippen LogP contribution in [-0.2, 0) is 36.9 Å². The summed E-state index contributed by atoms with van der Waals surface area (Å²) in [6.45, 7) is 1.31. The standard InChI is InChI=1S/C34H38N2O6S5/c1-35-29-22-28(46(3)37)10-12-31(29)43-33(35)19-23-5-7-25-8-6-24(18-26(25)17-23)20-34-36(13-15-42-14-4-16-47(38,39)40)30-21-27(45-41-2)9-11-32(30)44-34/h9-12,17-22,25H,4-8,13-16H2,1-3H3/p+1. The Labute approximate surface area is 292 Å². The summed E-state index contributed by atoms with van der Waals surface area (Å²) in [5.41, 5.74) is 6.25. The van der Waals surface area contributed by atoms with Crippen molar-refractivity contribution in [3.8, 4) is 0 Å². The lowest BCUT2D eigenvalue weighted by Crippen LogP contribution is -2.29. The van der Waals surface area contributed by atoms with Gasteiger partial charge in [0, 0.05) is 58.3 Å². The highest BCUT2D eigenvalue weighted by Crippen LogP contribution is 2.48. The van der Waals surface area contributed by atoms with Crippen LogP contribution in [0.1, 0.15) is 37.1 Å². The molecule has 3 aromatic rings. The van der Waals surface area contributed by atoms with Gasteiger partial charge in [-0.15, -0.1) is 0 Å². The van der Waals surface area contributed by atoms with Crippen LogP contribution in [0, 0.1) is 5.92 Å². The number of anilines is 1. The molecular weight excluding hydrogens is 693 g/mol. The minimum Gasteiger partial charge on any atom is -0.380 e. The third kappa shape index (κ3) is 8.50. The van der Waals surface area contributed by atoms with Gasteiger partial charge in [0.05, 0.1) is 41.0 Å². The predicted molar refractivity (Wildman–Crippen MR) is 194 cm³/mol. The van der Waals surface area contributed by atoms with E-state index >= 15 is 0 Å². The number of thiazole rings is 1. The molecule has 0 bridgehead atoms. The second kappa shape index (κ2) is 15.1. The van der Waals surface area contributed by atoms with Gasteiger partial charge in [0.25, 0.3) is 15.1 Å². The van der Waals surface area contributed by atoms with E-state index in [9.17, 15) is 12.6 Å². The Morgan fingerprint density at radius 3 is 2.74 bits per heavy atom. The lowest BCUT2D eigenvalue weighted by atomic mass is 9.77. The Balaban J connectivity index is 1.23. The molecular formula is C34H39N2O6S5+. The van der Waals surface area contributed by atoms with Gasteiger partial charge in [-0.05, 0) is 91.1 Å². The van der Waals surface area contributed by atoms with Crippen LogP contribution in [0.15, 0.2) is 91.1 Å². The molecule has 0 radical (unpaired) electrons. The van der Waals surface area contributed by atoms with Gasteiger partial charge in [-0.2, -0.15) is 13.0 Å². The molecule has 1 aromatic heterocycles. The van der Waals surface area contributed by atoms with E-state index in [0.29, 0.717) is 19.1 Å². The summed E-state index contributed by atoms with van der Waals surface area (Å²) in [5, 5.41) is 2.33. The first-order valence-electron chi connectivity index (χ1n) is 15.5. The smallest absolute Gasteiger partial charge is 0.264 e. The van der Waals surface area contributed by atoms with Gasteiger partial charge in [-0.3, -0.25) is 8.76 Å². The van der Waals surface area contributed by atoms with Crippen molar-refractivity contribution < 1.29 is 30.7 Å². The number of thioether (sulfide) groups is 1. The number of fused-ring (bicyclic) bond motifs is 3. The van der Waals surface area contributed by atoms with Crippen molar-refractivity contribution in [1.29, 1.82) is 0 Å². The van der Waals surface area contributed by atoms with Crippen molar-refractivity contribution in [2.24, 2.45) is 13.0 Å². The van der Waals surface area contributed by atoms with Gasteiger partial charge < -0.3 is 13.8 Å². The summed E-state index contributed by atoms with van der Waals surface area (Å²) in [5.74, 6) is 0.271. The SMILES string of the molecule is COSc1ccc2c(c1)N(CCOCCCS(=O)(=O)O)C(=CC1=CC3=CC(=Cc4sc5ccc(S(C)=O)cc5[n+]4C)CCC3CC1)S2. The largest absolute Gasteiger partial charge is 0.380 e. The quantitative estimate of drug-likeness (QED) is 0.0891. The first-order chi connectivity index (χ1) is 22.6. The van der Waals surface area contributed by atoms with Crippen molar-refractivity contribution in [1.82, 2.24) is 0 Å². The summed E-state index contributed by atoms with van der Waals surface area (Å²) in [7, 11) is -1.25. The molecule has 0 saturated carbocycles. The molecule has 2 unspecified atom stereocenters. The Bertz CT molecular complexity index is 1930. The number of nitrogens with zero attached hydrogens (tertiary/aromatic N) is 2. The highest BCUT2D eigenvalue weighted by atomic mass is 32.2. The van der Waals surface area contributed by atoms with Crippen LogP contribution >= 0.6 is 35.1 Å². The third-order valence-electron chi connectivity index (χ3n) is 8.56. The molecule has 0 fully saturated rings. The summed E-state index contributed by atoms with van der Waals surface area (Å²) in [4.78, 5) is 5.32. The number of ether oxygens (including phenoxy) is 1. The van der Waals surface area contributed by atoms with Crippen molar-refractivity contribution in [3.05, 3.63) is 81.4 Å². The Morgan fingerprint density at radius 2 is 1.96 bits per heavy atom. The molecule has 0 amide bonds. The van der Waals surface area contributed by atoms with Gasteiger partial charge in [0.1, 0.15) is 11.7 Å². The fraction of sp³-hybridized carbons (Fsp3) is 0.382. The molecule has 47 heavy (non-hydrogen) atoms. The van der Waals surface area contributed by atoms with E-state index in [1.807, 2.05) is 12.1 Å². The van der Waals surface area contributed by atoms with E-state index in [0.717, 1.165) is 51.7 Å². The molecule has 0 saturated heterocycles. The average Bonchev–Trinajstić information content (AvgIpc) is 3.53. The molecule has 2 aliphatic carbocycles. The van der Waals surface area contributed by atoms with E-state index in [-0.39, 0.29) is 18.8 Å². The summed E-state index contributed by atoms with van der Waals surface area (Å²) in [6, 6.07) is 12.4. The van der Waals surface area contributed by atoms with Gasteiger partial charge in [-0.1, -0.05) is 35.3 Å². The maximum Gasteiger partial charge on any atom is 0.264 e. The van der Waals surface area contributed by atoms with E-state index in [1.165, 1.54) is 43.4 Å². The van der Waals surface area contributed by atoms with Crippen molar-refractivity contribution >= 4 is 78.0 Å². The zero-order valence-electron chi connectivity index (χ0n) is 26.6. The molecule has 3 aliphatic rings. The van der Waals surface area contributed by atoms with Crippen LogP contribution < -0.4 is 9.47 Å². The van der Waals surface area contributed by atoms with Crippen LogP contribution in [0.5, 0.6) is 0 Å². The minimum absolute atomic E-state index is 0.254. The minimum atomic E-state index is -3.98. The molecule has 0 spiro atoms. The molecule has 250 valence electrons. The molecule has 1 N–H and O–H groups in total. The van der Waals surface area contributed by atoms with Crippen LogP contribution in [0.3, 0.4) is 0 Å². The van der Waals surface area contributed by atoms with E-state index in [1.54, 1.807) is 36.5 Å². The fourth-order valence-corrected chi connectivity index (χ4v) is 9.92. The second-order valence-electron chi connectivity index (χ2n) is 11.8. The number of aryl methyl sites for hydroxylation is 1. The molecule has 1 aliphatic heterocycles.